The van der Waals surface area contributed by atoms with Crippen LogP contribution >= 0.6 is 0 Å². The van der Waals surface area contributed by atoms with Crippen LogP contribution in [0.25, 0.3) is 0 Å². The van der Waals surface area contributed by atoms with Gasteiger partial charge in [-0.15, -0.1) is 0 Å². The summed E-state index contributed by atoms with van der Waals surface area (Å²) in [5.74, 6) is 1.40. The van der Waals surface area contributed by atoms with Crippen molar-refractivity contribution in [2.24, 2.45) is 12.0 Å². The highest BCUT2D eigenvalue weighted by molar-refractivity contribution is 5.79. The fourth-order valence-corrected chi connectivity index (χ4v) is 3.72. The van der Waals surface area contributed by atoms with Crippen molar-refractivity contribution in [3.05, 3.63) is 47.8 Å². The Balaban J connectivity index is 1.66. The molecule has 0 saturated heterocycles. The molecular weight excluding hydrogens is 331 g/mol. The molecule has 1 fully saturated rings. The number of aryl methyl sites for hydroxylation is 1. The third kappa shape index (κ3) is 4.20. The van der Waals surface area contributed by atoms with E-state index in [4.69, 9.17) is 0 Å². The number of benzene rings is 1. The molecule has 1 aromatic heterocycles. The Hall–Kier alpha value is -2.44. The number of guanidine groups is 1. The molecule has 7 heteroatoms. The SMILES string of the molecule is CN=C(NCc1ncnn1C)NCC1(c2ccc(F)cc2)CCCCC1. The summed E-state index contributed by atoms with van der Waals surface area (Å²) >= 11 is 0. The quantitative estimate of drug-likeness (QED) is 0.637. The molecular formula is C19H27FN6. The molecule has 6 nitrogen and oxygen atoms in total. The minimum Gasteiger partial charge on any atom is -0.356 e. The van der Waals surface area contributed by atoms with Gasteiger partial charge in [0, 0.05) is 26.1 Å². The number of rotatable bonds is 5. The number of hydrogen-bond donors (Lipinski definition) is 2. The monoisotopic (exact) mass is 358 g/mol. The van der Waals surface area contributed by atoms with Crippen LogP contribution in [0.3, 0.4) is 0 Å². The van der Waals surface area contributed by atoms with E-state index in [0.29, 0.717) is 6.54 Å². The number of halogens is 1. The van der Waals surface area contributed by atoms with E-state index in [2.05, 4.69) is 25.7 Å². The lowest BCUT2D eigenvalue weighted by molar-refractivity contribution is 0.291. The van der Waals surface area contributed by atoms with Crippen molar-refractivity contribution in [2.75, 3.05) is 13.6 Å². The fraction of sp³-hybridized carbons (Fsp3) is 0.526. The van der Waals surface area contributed by atoms with E-state index in [-0.39, 0.29) is 11.2 Å². The van der Waals surface area contributed by atoms with E-state index in [1.54, 1.807) is 30.2 Å². The maximum Gasteiger partial charge on any atom is 0.191 e. The first-order chi connectivity index (χ1) is 12.6. The minimum absolute atomic E-state index is 0.0222. The fourth-order valence-electron chi connectivity index (χ4n) is 3.72. The highest BCUT2D eigenvalue weighted by Crippen LogP contribution is 2.39. The molecule has 1 heterocycles. The third-order valence-electron chi connectivity index (χ3n) is 5.30. The minimum atomic E-state index is -0.186. The highest BCUT2D eigenvalue weighted by Gasteiger charge is 2.34. The second-order valence-electron chi connectivity index (χ2n) is 6.93. The zero-order valence-electron chi connectivity index (χ0n) is 15.5. The Bertz CT molecular complexity index is 731. The summed E-state index contributed by atoms with van der Waals surface area (Å²) in [6, 6.07) is 6.98. The molecule has 1 saturated carbocycles. The van der Waals surface area contributed by atoms with Crippen LogP contribution in [0.5, 0.6) is 0 Å². The summed E-state index contributed by atoms with van der Waals surface area (Å²) in [6.07, 6.45) is 7.41. The summed E-state index contributed by atoms with van der Waals surface area (Å²) in [4.78, 5) is 8.53. The van der Waals surface area contributed by atoms with Gasteiger partial charge in [0.15, 0.2) is 5.96 Å². The summed E-state index contributed by atoms with van der Waals surface area (Å²) in [5.41, 5.74) is 1.23. The second-order valence-corrected chi connectivity index (χ2v) is 6.93. The van der Waals surface area contributed by atoms with Crippen LogP contribution < -0.4 is 10.6 Å². The average Bonchev–Trinajstić information content (AvgIpc) is 3.08. The van der Waals surface area contributed by atoms with Crippen molar-refractivity contribution >= 4 is 5.96 Å². The molecule has 0 radical (unpaired) electrons. The van der Waals surface area contributed by atoms with Crippen molar-refractivity contribution in [3.63, 3.8) is 0 Å². The van der Waals surface area contributed by atoms with Crippen molar-refractivity contribution < 1.29 is 4.39 Å². The Kier molecular flexibility index (Phi) is 5.85. The van der Waals surface area contributed by atoms with Crippen LogP contribution in [0.2, 0.25) is 0 Å². The van der Waals surface area contributed by atoms with Crippen LogP contribution in [-0.4, -0.2) is 34.3 Å². The van der Waals surface area contributed by atoms with Gasteiger partial charge in [-0.05, 0) is 30.5 Å². The normalized spacial score (nSPS) is 17.1. The molecule has 2 N–H and O–H groups in total. The topological polar surface area (TPSA) is 67.1 Å². The Labute approximate surface area is 153 Å². The number of aromatic nitrogens is 3. The smallest absolute Gasteiger partial charge is 0.191 e. The van der Waals surface area contributed by atoms with Gasteiger partial charge in [-0.2, -0.15) is 5.10 Å². The summed E-state index contributed by atoms with van der Waals surface area (Å²) in [7, 11) is 3.63. The lowest BCUT2D eigenvalue weighted by Crippen LogP contribution is -2.46. The Morgan fingerprint density at radius 3 is 2.54 bits per heavy atom. The molecule has 0 amide bonds. The molecule has 0 unspecified atom stereocenters. The van der Waals surface area contributed by atoms with Gasteiger partial charge in [0.05, 0.1) is 6.54 Å². The summed E-state index contributed by atoms with van der Waals surface area (Å²) in [6.45, 7) is 1.33. The van der Waals surface area contributed by atoms with Crippen molar-refractivity contribution in [1.82, 2.24) is 25.4 Å². The molecule has 26 heavy (non-hydrogen) atoms. The molecule has 1 aromatic carbocycles. The molecule has 0 spiro atoms. The molecule has 1 aliphatic rings. The lowest BCUT2D eigenvalue weighted by atomic mass is 9.69. The first kappa shape index (κ1) is 18.4. The molecule has 0 bridgehead atoms. The zero-order valence-corrected chi connectivity index (χ0v) is 15.5. The van der Waals surface area contributed by atoms with Gasteiger partial charge in [0.1, 0.15) is 18.0 Å². The van der Waals surface area contributed by atoms with Gasteiger partial charge in [-0.3, -0.25) is 9.67 Å². The van der Waals surface area contributed by atoms with E-state index >= 15 is 0 Å². The molecule has 0 atom stereocenters. The van der Waals surface area contributed by atoms with E-state index < -0.39 is 0 Å². The Morgan fingerprint density at radius 1 is 1.19 bits per heavy atom. The summed E-state index contributed by atoms with van der Waals surface area (Å²) < 4.78 is 15.1. The van der Waals surface area contributed by atoms with Gasteiger partial charge in [0.25, 0.3) is 0 Å². The predicted octanol–water partition coefficient (Wildman–Crippen LogP) is 2.52. The molecule has 2 aromatic rings. The van der Waals surface area contributed by atoms with E-state index in [0.717, 1.165) is 31.2 Å². The van der Waals surface area contributed by atoms with Crippen molar-refractivity contribution in [2.45, 2.75) is 44.1 Å². The number of nitrogens with zero attached hydrogens (tertiary/aromatic N) is 4. The van der Waals surface area contributed by atoms with Crippen LogP contribution in [-0.2, 0) is 19.0 Å². The molecule has 1 aliphatic carbocycles. The molecule has 3 rings (SSSR count). The lowest BCUT2D eigenvalue weighted by Gasteiger charge is -2.38. The average molecular weight is 358 g/mol. The van der Waals surface area contributed by atoms with E-state index in [1.807, 2.05) is 19.2 Å². The van der Waals surface area contributed by atoms with Gasteiger partial charge in [0.2, 0.25) is 0 Å². The van der Waals surface area contributed by atoms with E-state index in [9.17, 15) is 4.39 Å². The first-order valence-electron chi connectivity index (χ1n) is 9.16. The number of hydrogen-bond acceptors (Lipinski definition) is 3. The van der Waals surface area contributed by atoms with Crippen LogP contribution in [0.4, 0.5) is 4.39 Å². The second kappa shape index (κ2) is 8.29. The molecule has 140 valence electrons. The van der Waals surface area contributed by atoms with Gasteiger partial charge >= 0.3 is 0 Å². The largest absolute Gasteiger partial charge is 0.356 e. The zero-order chi connectivity index (χ0) is 18.4. The predicted molar refractivity (Wildman–Crippen MR) is 100 cm³/mol. The van der Waals surface area contributed by atoms with Crippen LogP contribution in [0, 0.1) is 5.82 Å². The number of nitrogens with one attached hydrogen (secondary N) is 2. The molecule has 0 aliphatic heterocycles. The standard InChI is InChI=1S/C19H27FN6/c1-21-18(22-12-17-24-14-25-26(17)2)23-13-19(10-4-3-5-11-19)15-6-8-16(20)9-7-15/h6-9,14H,3-5,10-13H2,1-2H3,(H2,21,22,23). The third-order valence-corrected chi connectivity index (χ3v) is 5.30. The van der Waals surface area contributed by atoms with Crippen molar-refractivity contribution in [3.8, 4) is 0 Å². The van der Waals surface area contributed by atoms with E-state index in [1.165, 1.54) is 24.8 Å². The van der Waals surface area contributed by atoms with Crippen molar-refractivity contribution in [1.29, 1.82) is 0 Å². The van der Waals surface area contributed by atoms with Crippen LogP contribution in [0.15, 0.2) is 35.6 Å². The Morgan fingerprint density at radius 2 is 1.92 bits per heavy atom. The maximum absolute atomic E-state index is 13.4. The van der Waals surface area contributed by atoms with Gasteiger partial charge in [-0.25, -0.2) is 9.37 Å². The summed E-state index contributed by atoms with van der Waals surface area (Å²) in [5, 5.41) is 10.8. The first-order valence-corrected chi connectivity index (χ1v) is 9.16. The van der Waals surface area contributed by atoms with Crippen LogP contribution in [0.1, 0.15) is 43.5 Å². The van der Waals surface area contributed by atoms with Gasteiger partial charge < -0.3 is 10.6 Å². The van der Waals surface area contributed by atoms with Gasteiger partial charge in [-0.1, -0.05) is 31.4 Å². The highest BCUT2D eigenvalue weighted by atomic mass is 19.1. The number of aliphatic imine (C=N–C) groups is 1. The maximum atomic E-state index is 13.4.